The Hall–Kier alpha value is -3.37. The molecule has 0 saturated carbocycles. The number of benzene rings is 3. The Morgan fingerprint density at radius 2 is 1.56 bits per heavy atom. The van der Waals surface area contributed by atoms with Gasteiger partial charge >= 0.3 is 0 Å². The van der Waals surface area contributed by atoms with Crippen LogP contribution in [0.2, 0.25) is 0 Å². The Kier molecular flexibility index (Phi) is 11.4. The topological polar surface area (TPSA) is 86.8 Å². The third kappa shape index (κ3) is 8.56. The number of carbonyl (C=O) groups excluding carboxylic acids is 2. The fourth-order valence-electron chi connectivity index (χ4n) is 4.24. The van der Waals surface area contributed by atoms with Gasteiger partial charge in [-0.05, 0) is 79.6 Å². The van der Waals surface area contributed by atoms with Gasteiger partial charge in [-0.1, -0.05) is 50.6 Å². The first kappa shape index (κ1) is 32.1. The molecule has 10 heteroatoms. The highest BCUT2D eigenvalue weighted by Crippen LogP contribution is 2.27. The van der Waals surface area contributed by atoms with Crippen LogP contribution in [0.4, 0.5) is 10.1 Å². The summed E-state index contributed by atoms with van der Waals surface area (Å²) in [5.74, 6) is -1.09. The SMILES string of the molecule is CC[C@H](C(=O)NCC(C)C)N(Cc1ccc(F)cc1)C(=O)CN(c1ccc(C)cc1)S(=O)(=O)c1ccc(SC)cc1. The van der Waals surface area contributed by atoms with Crippen LogP contribution < -0.4 is 9.62 Å². The monoisotopic (exact) mass is 599 g/mol. The van der Waals surface area contributed by atoms with E-state index in [2.05, 4.69) is 5.32 Å². The molecule has 0 spiro atoms. The molecule has 220 valence electrons. The maximum Gasteiger partial charge on any atom is 0.264 e. The van der Waals surface area contributed by atoms with Crippen molar-refractivity contribution >= 4 is 39.3 Å². The first-order valence-electron chi connectivity index (χ1n) is 13.5. The Balaban J connectivity index is 2.03. The molecule has 0 aliphatic carbocycles. The molecule has 0 unspecified atom stereocenters. The molecule has 1 atom stereocenters. The van der Waals surface area contributed by atoms with Gasteiger partial charge in [0.1, 0.15) is 18.4 Å². The molecule has 0 bridgehead atoms. The van der Waals surface area contributed by atoms with Crippen molar-refractivity contribution < 1.29 is 22.4 Å². The summed E-state index contributed by atoms with van der Waals surface area (Å²) in [5.41, 5.74) is 1.89. The molecule has 1 N–H and O–H groups in total. The van der Waals surface area contributed by atoms with Crippen molar-refractivity contribution in [3.8, 4) is 0 Å². The first-order valence-corrected chi connectivity index (χ1v) is 16.2. The molecule has 0 heterocycles. The van der Waals surface area contributed by atoms with Gasteiger partial charge in [-0.2, -0.15) is 0 Å². The van der Waals surface area contributed by atoms with E-state index in [0.717, 1.165) is 14.8 Å². The zero-order chi connectivity index (χ0) is 30.2. The molecule has 0 aliphatic heterocycles. The minimum absolute atomic E-state index is 0.0108. The summed E-state index contributed by atoms with van der Waals surface area (Å²) >= 11 is 1.49. The number of anilines is 1. The lowest BCUT2D eigenvalue weighted by Gasteiger charge is -2.33. The minimum atomic E-state index is -4.15. The molecule has 3 aromatic rings. The molecular weight excluding hydrogens is 561 g/mol. The highest BCUT2D eigenvalue weighted by Gasteiger charge is 2.33. The Bertz CT molecular complexity index is 1410. The number of rotatable bonds is 13. The lowest BCUT2D eigenvalue weighted by molar-refractivity contribution is -0.140. The van der Waals surface area contributed by atoms with Crippen molar-refractivity contribution in [3.05, 3.63) is 89.7 Å². The largest absolute Gasteiger partial charge is 0.354 e. The predicted molar refractivity (Wildman–Crippen MR) is 163 cm³/mol. The van der Waals surface area contributed by atoms with Crippen molar-refractivity contribution in [2.45, 2.75) is 56.5 Å². The van der Waals surface area contributed by atoms with Gasteiger partial charge in [-0.3, -0.25) is 13.9 Å². The average molecular weight is 600 g/mol. The molecule has 0 saturated heterocycles. The van der Waals surface area contributed by atoms with Crippen LogP contribution in [0.3, 0.4) is 0 Å². The summed E-state index contributed by atoms with van der Waals surface area (Å²) in [7, 11) is -4.15. The number of nitrogens with zero attached hydrogens (tertiary/aromatic N) is 2. The van der Waals surface area contributed by atoms with Gasteiger partial charge in [-0.25, -0.2) is 12.8 Å². The van der Waals surface area contributed by atoms with Crippen LogP contribution in [0, 0.1) is 18.7 Å². The zero-order valence-electron chi connectivity index (χ0n) is 24.1. The number of carbonyl (C=O) groups is 2. The van der Waals surface area contributed by atoms with E-state index in [-0.39, 0.29) is 23.3 Å². The molecule has 0 aliphatic rings. The Morgan fingerprint density at radius 3 is 2.10 bits per heavy atom. The van der Waals surface area contributed by atoms with E-state index in [9.17, 15) is 22.4 Å². The van der Waals surface area contributed by atoms with E-state index in [4.69, 9.17) is 0 Å². The molecule has 0 aromatic heterocycles. The van der Waals surface area contributed by atoms with Crippen molar-refractivity contribution in [3.63, 3.8) is 0 Å². The van der Waals surface area contributed by atoms with Crippen LogP contribution in [0.5, 0.6) is 0 Å². The predicted octanol–water partition coefficient (Wildman–Crippen LogP) is 5.63. The average Bonchev–Trinajstić information content (AvgIpc) is 2.96. The second kappa shape index (κ2) is 14.5. The number of aryl methyl sites for hydroxylation is 1. The van der Waals surface area contributed by atoms with Gasteiger partial charge in [0.2, 0.25) is 11.8 Å². The first-order chi connectivity index (χ1) is 19.5. The number of nitrogens with one attached hydrogen (secondary N) is 1. The van der Waals surface area contributed by atoms with Crippen molar-refractivity contribution in [2.75, 3.05) is 23.7 Å². The Morgan fingerprint density at radius 1 is 0.951 bits per heavy atom. The second-order valence-electron chi connectivity index (χ2n) is 10.2. The van der Waals surface area contributed by atoms with E-state index in [1.165, 1.54) is 40.9 Å². The molecule has 41 heavy (non-hydrogen) atoms. The second-order valence-corrected chi connectivity index (χ2v) is 13.0. The van der Waals surface area contributed by atoms with E-state index >= 15 is 0 Å². The highest BCUT2D eigenvalue weighted by atomic mass is 32.2. The summed E-state index contributed by atoms with van der Waals surface area (Å²) in [6, 6.07) is 18.2. The standard InChI is InChI=1S/C31H38FN3O4S2/c1-6-29(31(37)33-19-22(2)3)34(20-24-9-11-25(32)12-10-24)30(36)21-35(26-13-7-23(4)8-14-26)41(38,39)28-17-15-27(40-5)16-18-28/h7-18,22,29H,6,19-21H2,1-5H3,(H,33,37)/t29-/m1/s1. The fourth-order valence-corrected chi connectivity index (χ4v) is 6.07. The number of thioether (sulfide) groups is 1. The molecular formula is C31H38FN3O4S2. The Labute approximate surface area is 247 Å². The zero-order valence-corrected chi connectivity index (χ0v) is 25.8. The molecule has 0 fully saturated rings. The van der Waals surface area contributed by atoms with Crippen LogP contribution in [-0.4, -0.2) is 50.5 Å². The summed E-state index contributed by atoms with van der Waals surface area (Å²) in [5, 5.41) is 2.89. The van der Waals surface area contributed by atoms with Gasteiger partial charge in [0.15, 0.2) is 0 Å². The van der Waals surface area contributed by atoms with Crippen molar-refractivity contribution in [1.29, 1.82) is 0 Å². The molecule has 3 rings (SSSR count). The number of hydrogen-bond donors (Lipinski definition) is 1. The number of amides is 2. The highest BCUT2D eigenvalue weighted by molar-refractivity contribution is 7.98. The number of halogens is 1. The molecule has 2 amide bonds. The normalized spacial score (nSPS) is 12.2. The molecule has 7 nitrogen and oxygen atoms in total. The van der Waals surface area contributed by atoms with Gasteiger partial charge in [-0.15, -0.1) is 11.8 Å². The number of sulfonamides is 1. The summed E-state index contributed by atoms with van der Waals surface area (Å²) < 4.78 is 42.6. The quantitative estimate of drug-likeness (QED) is 0.257. The van der Waals surface area contributed by atoms with Gasteiger partial charge in [0.05, 0.1) is 10.6 Å². The summed E-state index contributed by atoms with van der Waals surface area (Å²) in [6.45, 7) is 7.55. The van der Waals surface area contributed by atoms with E-state index in [1.54, 1.807) is 55.5 Å². The third-order valence-electron chi connectivity index (χ3n) is 6.58. The van der Waals surface area contributed by atoms with E-state index in [0.29, 0.717) is 24.2 Å². The summed E-state index contributed by atoms with van der Waals surface area (Å²) in [6.07, 6.45) is 2.21. The van der Waals surface area contributed by atoms with Crippen LogP contribution in [-0.2, 0) is 26.2 Å². The maximum atomic E-state index is 14.0. The van der Waals surface area contributed by atoms with Gasteiger partial charge < -0.3 is 10.2 Å². The van der Waals surface area contributed by atoms with Crippen LogP contribution in [0.25, 0.3) is 0 Å². The smallest absolute Gasteiger partial charge is 0.264 e. The minimum Gasteiger partial charge on any atom is -0.354 e. The van der Waals surface area contributed by atoms with Gasteiger partial charge in [0.25, 0.3) is 10.0 Å². The number of hydrogen-bond acceptors (Lipinski definition) is 5. The van der Waals surface area contributed by atoms with E-state index < -0.39 is 34.3 Å². The molecule has 0 radical (unpaired) electrons. The fraction of sp³-hybridized carbons (Fsp3) is 0.355. The van der Waals surface area contributed by atoms with E-state index in [1.807, 2.05) is 27.0 Å². The lowest BCUT2D eigenvalue weighted by atomic mass is 10.1. The van der Waals surface area contributed by atoms with Crippen molar-refractivity contribution in [2.24, 2.45) is 5.92 Å². The third-order valence-corrected chi connectivity index (χ3v) is 9.12. The van der Waals surface area contributed by atoms with Gasteiger partial charge in [0, 0.05) is 18.0 Å². The van der Waals surface area contributed by atoms with Crippen LogP contribution in [0.1, 0.15) is 38.3 Å². The summed E-state index contributed by atoms with van der Waals surface area (Å²) in [4.78, 5) is 29.6. The molecule has 3 aromatic carbocycles. The van der Waals surface area contributed by atoms with Crippen LogP contribution >= 0.6 is 11.8 Å². The maximum absolute atomic E-state index is 14.0. The van der Waals surface area contributed by atoms with Crippen molar-refractivity contribution in [1.82, 2.24) is 10.2 Å². The van der Waals surface area contributed by atoms with Crippen LogP contribution in [0.15, 0.2) is 82.6 Å². The lowest BCUT2D eigenvalue weighted by Crippen LogP contribution is -2.52.